The zero-order chi connectivity index (χ0) is 9.19. The zero-order valence-corrected chi connectivity index (χ0v) is 7.42. The van der Waals surface area contributed by atoms with E-state index in [2.05, 4.69) is 11.4 Å². The smallest absolute Gasteiger partial charge is 0.225 e. The van der Waals surface area contributed by atoms with E-state index in [0.29, 0.717) is 13.0 Å². The molecule has 66 valence electrons. The SMILES string of the molecule is CNC1(C#N)CCN(C)C(=O)C1. The quantitative estimate of drug-likeness (QED) is 0.584. The van der Waals surface area contributed by atoms with E-state index < -0.39 is 5.54 Å². The molecule has 1 amide bonds. The molecule has 12 heavy (non-hydrogen) atoms. The van der Waals surface area contributed by atoms with E-state index in [0.717, 1.165) is 0 Å². The van der Waals surface area contributed by atoms with Crippen molar-refractivity contribution in [2.75, 3.05) is 20.6 Å². The Morgan fingerprint density at radius 1 is 1.75 bits per heavy atom. The number of hydrogen-bond donors (Lipinski definition) is 1. The lowest BCUT2D eigenvalue weighted by Crippen LogP contribution is -2.52. The number of carbonyl (C=O) groups excluding carboxylic acids is 1. The first kappa shape index (κ1) is 9.01. The van der Waals surface area contributed by atoms with Crippen LogP contribution in [0.4, 0.5) is 0 Å². The van der Waals surface area contributed by atoms with E-state index in [4.69, 9.17) is 5.26 Å². The number of likely N-dealkylation sites (tertiary alicyclic amines) is 1. The molecule has 0 aromatic heterocycles. The highest BCUT2D eigenvalue weighted by molar-refractivity contribution is 5.78. The van der Waals surface area contributed by atoms with Gasteiger partial charge in [0.1, 0.15) is 5.54 Å². The van der Waals surface area contributed by atoms with Crippen LogP contribution in [0.1, 0.15) is 12.8 Å². The molecule has 1 N–H and O–H groups in total. The monoisotopic (exact) mass is 167 g/mol. The molecule has 0 aromatic rings. The van der Waals surface area contributed by atoms with Crippen LogP contribution in [-0.4, -0.2) is 37.0 Å². The van der Waals surface area contributed by atoms with Crippen molar-refractivity contribution in [3.63, 3.8) is 0 Å². The highest BCUT2D eigenvalue weighted by Gasteiger charge is 2.36. The summed E-state index contributed by atoms with van der Waals surface area (Å²) in [4.78, 5) is 12.9. The van der Waals surface area contributed by atoms with E-state index in [-0.39, 0.29) is 12.3 Å². The molecular weight excluding hydrogens is 154 g/mol. The molecule has 0 bridgehead atoms. The van der Waals surface area contributed by atoms with Gasteiger partial charge in [-0.2, -0.15) is 5.26 Å². The molecule has 4 heteroatoms. The molecule has 4 nitrogen and oxygen atoms in total. The Bertz CT molecular complexity index is 233. The van der Waals surface area contributed by atoms with Gasteiger partial charge < -0.3 is 10.2 Å². The van der Waals surface area contributed by atoms with Gasteiger partial charge in [-0.25, -0.2) is 0 Å². The third kappa shape index (κ3) is 1.41. The standard InChI is InChI=1S/C8H13N3O/c1-10-8(6-9)3-4-11(2)7(12)5-8/h10H,3-5H2,1-2H3. The Morgan fingerprint density at radius 2 is 2.42 bits per heavy atom. The maximum absolute atomic E-state index is 11.3. The molecule has 1 heterocycles. The number of piperidine rings is 1. The summed E-state index contributed by atoms with van der Waals surface area (Å²) in [6, 6.07) is 2.16. The maximum atomic E-state index is 11.3. The third-order valence-electron chi connectivity index (χ3n) is 2.45. The first-order valence-corrected chi connectivity index (χ1v) is 3.98. The summed E-state index contributed by atoms with van der Waals surface area (Å²) in [6.45, 7) is 0.660. The van der Waals surface area contributed by atoms with E-state index in [1.165, 1.54) is 0 Å². The number of nitrogens with one attached hydrogen (secondary N) is 1. The highest BCUT2D eigenvalue weighted by Crippen LogP contribution is 2.20. The summed E-state index contributed by atoms with van der Waals surface area (Å²) >= 11 is 0. The van der Waals surface area contributed by atoms with E-state index in [9.17, 15) is 4.79 Å². The molecule has 0 spiro atoms. The van der Waals surface area contributed by atoms with Gasteiger partial charge in [0, 0.05) is 13.6 Å². The van der Waals surface area contributed by atoms with Crippen molar-refractivity contribution in [3.8, 4) is 6.07 Å². The summed E-state index contributed by atoms with van der Waals surface area (Å²) in [6.07, 6.45) is 0.999. The van der Waals surface area contributed by atoms with E-state index in [1.54, 1.807) is 19.0 Å². The first-order valence-electron chi connectivity index (χ1n) is 3.98. The Morgan fingerprint density at radius 3 is 2.83 bits per heavy atom. The van der Waals surface area contributed by atoms with Crippen LogP contribution in [0, 0.1) is 11.3 Å². The van der Waals surface area contributed by atoms with Gasteiger partial charge in [-0.05, 0) is 13.5 Å². The molecule has 0 radical (unpaired) electrons. The van der Waals surface area contributed by atoms with Crippen molar-refractivity contribution in [2.45, 2.75) is 18.4 Å². The van der Waals surface area contributed by atoms with Crippen molar-refractivity contribution in [1.82, 2.24) is 10.2 Å². The summed E-state index contributed by atoms with van der Waals surface area (Å²) in [5, 5.41) is 11.8. The molecular formula is C8H13N3O. The van der Waals surface area contributed by atoms with Crippen LogP contribution in [0.3, 0.4) is 0 Å². The maximum Gasteiger partial charge on any atom is 0.225 e. The van der Waals surface area contributed by atoms with Gasteiger partial charge in [0.05, 0.1) is 12.5 Å². The lowest BCUT2D eigenvalue weighted by Gasteiger charge is -2.34. The topological polar surface area (TPSA) is 56.1 Å². The van der Waals surface area contributed by atoms with Crippen LogP contribution < -0.4 is 5.32 Å². The third-order valence-corrected chi connectivity index (χ3v) is 2.45. The van der Waals surface area contributed by atoms with Gasteiger partial charge in [0.25, 0.3) is 0 Å². The predicted molar refractivity (Wildman–Crippen MR) is 44.3 cm³/mol. The minimum absolute atomic E-state index is 0.0390. The molecule has 1 unspecified atom stereocenters. The van der Waals surface area contributed by atoms with E-state index in [1.807, 2.05) is 0 Å². The molecule has 0 saturated carbocycles. The molecule has 1 atom stereocenters. The number of carbonyl (C=O) groups is 1. The molecule has 0 aromatic carbocycles. The molecule has 1 aliphatic rings. The number of nitrogens with zero attached hydrogens (tertiary/aromatic N) is 2. The average molecular weight is 167 g/mol. The predicted octanol–water partition coefficient (Wildman–Crippen LogP) is -0.280. The minimum atomic E-state index is -0.621. The number of rotatable bonds is 1. The summed E-state index contributed by atoms with van der Waals surface area (Å²) in [5.41, 5.74) is -0.621. The fraction of sp³-hybridized carbons (Fsp3) is 0.750. The molecule has 0 aliphatic carbocycles. The van der Waals surface area contributed by atoms with Crippen molar-refractivity contribution >= 4 is 5.91 Å². The normalized spacial score (nSPS) is 30.1. The van der Waals surface area contributed by atoms with Crippen LogP contribution >= 0.6 is 0 Å². The second-order valence-corrected chi connectivity index (χ2v) is 3.19. The van der Waals surface area contributed by atoms with Crippen molar-refractivity contribution in [1.29, 1.82) is 5.26 Å². The second-order valence-electron chi connectivity index (χ2n) is 3.19. The largest absolute Gasteiger partial charge is 0.346 e. The van der Waals surface area contributed by atoms with Crippen LogP contribution in [0.15, 0.2) is 0 Å². The Balaban J connectivity index is 2.73. The molecule has 1 fully saturated rings. The lowest BCUT2D eigenvalue weighted by molar-refractivity contribution is -0.133. The highest BCUT2D eigenvalue weighted by atomic mass is 16.2. The number of amides is 1. The molecule has 1 rings (SSSR count). The van der Waals surface area contributed by atoms with E-state index >= 15 is 0 Å². The molecule has 1 saturated heterocycles. The Kier molecular flexibility index (Phi) is 2.34. The fourth-order valence-corrected chi connectivity index (χ4v) is 1.33. The first-order chi connectivity index (χ1) is 5.63. The Hall–Kier alpha value is -1.08. The lowest BCUT2D eigenvalue weighted by atomic mass is 9.89. The fourth-order valence-electron chi connectivity index (χ4n) is 1.33. The van der Waals surface area contributed by atoms with Crippen molar-refractivity contribution < 1.29 is 4.79 Å². The van der Waals surface area contributed by atoms with Crippen LogP contribution in [0.25, 0.3) is 0 Å². The van der Waals surface area contributed by atoms with Crippen molar-refractivity contribution in [2.24, 2.45) is 0 Å². The van der Waals surface area contributed by atoms with Crippen LogP contribution in [-0.2, 0) is 4.79 Å². The molecule has 1 aliphatic heterocycles. The summed E-state index contributed by atoms with van der Waals surface area (Å²) < 4.78 is 0. The average Bonchev–Trinajstić information content (AvgIpc) is 2.10. The number of hydrogen-bond acceptors (Lipinski definition) is 3. The zero-order valence-electron chi connectivity index (χ0n) is 7.42. The summed E-state index contributed by atoms with van der Waals surface area (Å²) in [7, 11) is 3.49. The van der Waals surface area contributed by atoms with Gasteiger partial charge in [-0.3, -0.25) is 4.79 Å². The van der Waals surface area contributed by atoms with Crippen LogP contribution in [0.2, 0.25) is 0 Å². The van der Waals surface area contributed by atoms with Crippen LogP contribution in [0.5, 0.6) is 0 Å². The second kappa shape index (κ2) is 3.11. The van der Waals surface area contributed by atoms with Crippen molar-refractivity contribution in [3.05, 3.63) is 0 Å². The van der Waals surface area contributed by atoms with Gasteiger partial charge in [-0.1, -0.05) is 0 Å². The minimum Gasteiger partial charge on any atom is -0.346 e. The van der Waals surface area contributed by atoms with Gasteiger partial charge >= 0.3 is 0 Å². The summed E-state index contributed by atoms with van der Waals surface area (Å²) in [5.74, 6) is 0.0390. The van der Waals surface area contributed by atoms with Gasteiger partial charge in [0.2, 0.25) is 5.91 Å². The Labute approximate surface area is 72.2 Å². The van der Waals surface area contributed by atoms with Gasteiger partial charge in [0.15, 0.2) is 0 Å². The number of nitriles is 1. The van der Waals surface area contributed by atoms with Gasteiger partial charge in [-0.15, -0.1) is 0 Å².